The van der Waals surface area contributed by atoms with Gasteiger partial charge in [0.1, 0.15) is 0 Å². The molecule has 2 rings (SSSR count). The summed E-state index contributed by atoms with van der Waals surface area (Å²) in [5, 5.41) is 5.00. The Labute approximate surface area is 112 Å². The molecule has 1 aromatic heterocycles. The minimum Gasteiger partial charge on any atom is -0.383 e. The lowest BCUT2D eigenvalue weighted by atomic mass is 10.1. The van der Waals surface area contributed by atoms with Crippen molar-refractivity contribution < 1.29 is 4.74 Å². The summed E-state index contributed by atoms with van der Waals surface area (Å²) in [5.41, 5.74) is 1.05. The van der Waals surface area contributed by atoms with Crippen LogP contribution in [0.4, 0.5) is 0 Å². The van der Waals surface area contributed by atoms with E-state index in [4.69, 9.17) is 4.74 Å². The number of ether oxygens (including phenoxy) is 1. The van der Waals surface area contributed by atoms with Crippen molar-refractivity contribution in [3.8, 4) is 0 Å². The molecule has 0 amide bonds. The maximum Gasteiger partial charge on any atom is 0.255 e. The minimum atomic E-state index is -0.0405. The van der Waals surface area contributed by atoms with Crippen molar-refractivity contribution >= 4 is 23.2 Å². The van der Waals surface area contributed by atoms with Crippen LogP contribution in [-0.4, -0.2) is 25.2 Å². The fraction of sp³-hybridized carbons (Fsp3) is 0.308. The van der Waals surface area contributed by atoms with Crippen molar-refractivity contribution in [2.45, 2.75) is 6.54 Å². The van der Waals surface area contributed by atoms with E-state index in [0.717, 1.165) is 29.4 Å². The average Bonchev–Trinajstić information content (AvgIpc) is 2.37. The van der Waals surface area contributed by atoms with Gasteiger partial charge in [0.2, 0.25) is 0 Å². The second-order valence-corrected chi connectivity index (χ2v) is 3.86. The Morgan fingerprint density at radius 3 is 2.72 bits per heavy atom. The van der Waals surface area contributed by atoms with Crippen LogP contribution in [0.5, 0.6) is 0 Å². The number of pyridine rings is 1. The molecule has 1 heterocycles. The maximum atomic E-state index is 11.6. The highest BCUT2D eigenvalue weighted by molar-refractivity contribution is 5.85. The topological polar surface area (TPSA) is 54.1 Å². The minimum absolute atomic E-state index is 0. The van der Waals surface area contributed by atoms with E-state index in [1.165, 1.54) is 0 Å². The molecule has 0 saturated carbocycles. The summed E-state index contributed by atoms with van der Waals surface area (Å²) < 4.78 is 4.97. The number of aromatic amines is 1. The van der Waals surface area contributed by atoms with Gasteiger partial charge in [-0.05, 0) is 17.0 Å². The molecule has 18 heavy (non-hydrogen) atoms. The molecule has 2 N–H and O–H groups in total. The molecule has 0 spiro atoms. The van der Waals surface area contributed by atoms with E-state index in [1.54, 1.807) is 13.3 Å². The van der Waals surface area contributed by atoms with Crippen molar-refractivity contribution in [3.63, 3.8) is 0 Å². The second-order valence-electron chi connectivity index (χ2n) is 3.86. The van der Waals surface area contributed by atoms with E-state index in [2.05, 4.69) is 10.3 Å². The van der Waals surface area contributed by atoms with Crippen LogP contribution in [0.25, 0.3) is 10.8 Å². The van der Waals surface area contributed by atoms with Crippen LogP contribution in [0.3, 0.4) is 0 Å². The zero-order chi connectivity index (χ0) is 12.1. The predicted molar refractivity (Wildman–Crippen MR) is 75.4 cm³/mol. The Balaban J connectivity index is 0.00000162. The number of H-pyrrole nitrogens is 1. The van der Waals surface area contributed by atoms with Crippen molar-refractivity contribution in [2.75, 3.05) is 20.3 Å². The summed E-state index contributed by atoms with van der Waals surface area (Å²) in [6, 6.07) is 7.63. The number of nitrogens with one attached hydrogen (secondary N) is 2. The van der Waals surface area contributed by atoms with Gasteiger partial charge < -0.3 is 15.0 Å². The summed E-state index contributed by atoms with van der Waals surface area (Å²) in [6.07, 6.45) is 1.77. The molecule has 4 nitrogen and oxygen atoms in total. The van der Waals surface area contributed by atoms with Gasteiger partial charge in [0.25, 0.3) is 5.56 Å². The van der Waals surface area contributed by atoms with Gasteiger partial charge in [-0.2, -0.15) is 0 Å². The molecule has 0 aliphatic carbocycles. The number of methoxy groups -OCH3 is 1. The molecule has 0 bridgehead atoms. The average molecular weight is 269 g/mol. The molecule has 0 atom stereocenters. The van der Waals surface area contributed by atoms with Gasteiger partial charge in [-0.25, -0.2) is 0 Å². The first-order valence-electron chi connectivity index (χ1n) is 5.62. The van der Waals surface area contributed by atoms with Gasteiger partial charge in [-0.1, -0.05) is 18.2 Å². The van der Waals surface area contributed by atoms with Crippen LogP contribution in [0.15, 0.2) is 35.3 Å². The number of halogens is 1. The summed E-state index contributed by atoms with van der Waals surface area (Å²) in [7, 11) is 1.68. The summed E-state index contributed by atoms with van der Waals surface area (Å²) >= 11 is 0. The number of rotatable bonds is 5. The van der Waals surface area contributed by atoms with Gasteiger partial charge >= 0.3 is 0 Å². The summed E-state index contributed by atoms with van der Waals surface area (Å²) in [6.45, 7) is 2.20. The third-order valence-electron chi connectivity index (χ3n) is 2.69. The number of benzene rings is 1. The third-order valence-corrected chi connectivity index (χ3v) is 2.69. The second kappa shape index (κ2) is 7.16. The van der Waals surface area contributed by atoms with Crippen LogP contribution in [0, 0.1) is 0 Å². The van der Waals surface area contributed by atoms with Crippen LogP contribution < -0.4 is 10.9 Å². The molecule has 0 fully saturated rings. The van der Waals surface area contributed by atoms with E-state index in [-0.39, 0.29) is 18.0 Å². The molecule has 5 heteroatoms. The van der Waals surface area contributed by atoms with Crippen molar-refractivity contribution in [3.05, 3.63) is 46.4 Å². The molecule has 0 radical (unpaired) electrons. The van der Waals surface area contributed by atoms with Gasteiger partial charge in [-0.3, -0.25) is 4.79 Å². The standard InChI is InChI=1S/C13H16N2O2.ClH/c1-17-7-6-14-8-10-9-15-13(16)12-5-3-2-4-11(10)12;/h2-5,9,14H,6-8H2,1H3,(H,15,16);1H. The first-order chi connectivity index (χ1) is 8.33. The normalized spacial score (nSPS) is 10.3. The highest BCUT2D eigenvalue weighted by Gasteiger charge is 2.03. The lowest BCUT2D eigenvalue weighted by molar-refractivity contribution is 0.199. The van der Waals surface area contributed by atoms with E-state index in [9.17, 15) is 4.79 Å². The van der Waals surface area contributed by atoms with Crippen LogP contribution >= 0.6 is 12.4 Å². The molecule has 0 aliphatic rings. The lowest BCUT2D eigenvalue weighted by Gasteiger charge is -2.07. The highest BCUT2D eigenvalue weighted by Crippen LogP contribution is 2.13. The maximum absolute atomic E-state index is 11.6. The smallest absolute Gasteiger partial charge is 0.255 e. The Kier molecular flexibility index (Phi) is 5.85. The summed E-state index contributed by atoms with van der Waals surface area (Å²) in [5.74, 6) is 0. The largest absolute Gasteiger partial charge is 0.383 e. The van der Waals surface area contributed by atoms with E-state index in [0.29, 0.717) is 6.61 Å². The van der Waals surface area contributed by atoms with Crippen molar-refractivity contribution in [2.24, 2.45) is 0 Å². The molecular weight excluding hydrogens is 252 g/mol. The zero-order valence-electron chi connectivity index (χ0n) is 10.2. The van der Waals surface area contributed by atoms with Gasteiger partial charge in [-0.15, -0.1) is 12.4 Å². The van der Waals surface area contributed by atoms with E-state index >= 15 is 0 Å². The van der Waals surface area contributed by atoms with Gasteiger partial charge in [0.05, 0.1) is 6.61 Å². The molecule has 98 valence electrons. The third kappa shape index (κ3) is 3.32. The Bertz CT molecular complexity index is 554. The van der Waals surface area contributed by atoms with Crippen LogP contribution in [-0.2, 0) is 11.3 Å². The molecular formula is C13H17ClN2O2. The van der Waals surface area contributed by atoms with E-state index < -0.39 is 0 Å². The van der Waals surface area contributed by atoms with Crippen molar-refractivity contribution in [1.82, 2.24) is 10.3 Å². The van der Waals surface area contributed by atoms with Crippen molar-refractivity contribution in [1.29, 1.82) is 0 Å². The zero-order valence-corrected chi connectivity index (χ0v) is 11.0. The predicted octanol–water partition coefficient (Wildman–Crippen LogP) is 1.69. The quantitative estimate of drug-likeness (QED) is 0.812. The SMILES string of the molecule is COCCNCc1c[nH]c(=O)c2ccccc12.Cl. The molecule has 0 saturated heterocycles. The van der Waals surface area contributed by atoms with Gasteiger partial charge in [0, 0.05) is 31.8 Å². The number of hydrogen-bond acceptors (Lipinski definition) is 3. The molecule has 0 unspecified atom stereocenters. The Hall–Kier alpha value is -1.36. The Morgan fingerprint density at radius 1 is 1.28 bits per heavy atom. The Morgan fingerprint density at radius 2 is 2.00 bits per heavy atom. The number of aromatic nitrogens is 1. The van der Waals surface area contributed by atoms with Crippen LogP contribution in [0.2, 0.25) is 0 Å². The molecule has 1 aromatic carbocycles. The fourth-order valence-electron chi connectivity index (χ4n) is 1.81. The first kappa shape index (κ1) is 14.7. The number of hydrogen-bond donors (Lipinski definition) is 2. The lowest BCUT2D eigenvalue weighted by Crippen LogP contribution is -2.19. The van der Waals surface area contributed by atoms with E-state index in [1.807, 2.05) is 24.3 Å². The van der Waals surface area contributed by atoms with Gasteiger partial charge in [0.15, 0.2) is 0 Å². The monoisotopic (exact) mass is 268 g/mol. The fourth-order valence-corrected chi connectivity index (χ4v) is 1.81. The summed E-state index contributed by atoms with van der Waals surface area (Å²) in [4.78, 5) is 14.4. The number of fused-ring (bicyclic) bond motifs is 1. The highest BCUT2D eigenvalue weighted by atomic mass is 35.5. The molecule has 2 aromatic rings. The molecule has 0 aliphatic heterocycles. The van der Waals surface area contributed by atoms with Crippen LogP contribution in [0.1, 0.15) is 5.56 Å². The first-order valence-corrected chi connectivity index (χ1v) is 5.62.